The minimum absolute atomic E-state index is 0.00199. The Labute approximate surface area is 174 Å². The molecule has 7 nitrogen and oxygen atoms in total. The fourth-order valence-electron chi connectivity index (χ4n) is 4.14. The van der Waals surface area contributed by atoms with Crippen molar-refractivity contribution in [1.29, 1.82) is 0 Å². The Morgan fingerprint density at radius 1 is 1.13 bits per heavy atom. The van der Waals surface area contributed by atoms with Crippen LogP contribution in [0.3, 0.4) is 0 Å². The zero-order chi connectivity index (χ0) is 20.5. The van der Waals surface area contributed by atoms with Crippen molar-refractivity contribution in [3.05, 3.63) is 72.7 Å². The van der Waals surface area contributed by atoms with E-state index in [0.29, 0.717) is 18.2 Å². The summed E-state index contributed by atoms with van der Waals surface area (Å²) in [4.78, 5) is 32.9. The third-order valence-corrected chi connectivity index (χ3v) is 5.68. The van der Waals surface area contributed by atoms with Crippen LogP contribution in [0.2, 0.25) is 0 Å². The Kier molecular flexibility index (Phi) is 4.71. The van der Waals surface area contributed by atoms with Gasteiger partial charge in [0.05, 0.1) is 11.9 Å². The van der Waals surface area contributed by atoms with E-state index in [1.54, 1.807) is 18.6 Å². The lowest BCUT2D eigenvalue weighted by Crippen LogP contribution is -2.29. The first-order valence-electron chi connectivity index (χ1n) is 10.1. The van der Waals surface area contributed by atoms with Crippen LogP contribution in [0, 0.1) is 5.92 Å². The fourth-order valence-corrected chi connectivity index (χ4v) is 4.14. The molecule has 1 atom stereocenters. The van der Waals surface area contributed by atoms with Gasteiger partial charge in [-0.1, -0.05) is 24.3 Å². The molecule has 1 saturated heterocycles. The molecule has 1 aliphatic heterocycles. The monoisotopic (exact) mass is 398 g/mol. The van der Waals surface area contributed by atoms with Crippen LogP contribution in [0.4, 0.5) is 0 Å². The van der Waals surface area contributed by atoms with E-state index in [9.17, 15) is 4.79 Å². The summed E-state index contributed by atoms with van der Waals surface area (Å²) in [6.45, 7) is 1.44. The lowest BCUT2D eigenvalue weighted by molar-refractivity contribution is 0.0783. The van der Waals surface area contributed by atoms with Gasteiger partial charge in [-0.2, -0.15) is 0 Å². The standard InChI is InChI=1S/C23H22N6O/c1-28-11-9-26-22(28)20-14-24-13-18(27-20)12-16-7-10-29(15-16)23(30)21-19-5-3-2-4-17(19)6-8-25-21/h2-6,8-9,11,13-14,16H,7,10,12,15H2,1H3/t16-/m0/s1. The van der Waals surface area contributed by atoms with E-state index < -0.39 is 0 Å². The molecule has 3 aromatic heterocycles. The molecule has 5 rings (SSSR count). The normalized spacial score (nSPS) is 16.3. The molecule has 0 aliphatic carbocycles. The number of rotatable bonds is 4. The molecule has 0 bridgehead atoms. The smallest absolute Gasteiger partial charge is 0.273 e. The van der Waals surface area contributed by atoms with Gasteiger partial charge in [-0.3, -0.25) is 14.8 Å². The maximum Gasteiger partial charge on any atom is 0.273 e. The highest BCUT2D eigenvalue weighted by Crippen LogP contribution is 2.24. The Balaban J connectivity index is 1.31. The third-order valence-electron chi connectivity index (χ3n) is 5.68. The number of hydrogen-bond donors (Lipinski definition) is 0. The van der Waals surface area contributed by atoms with E-state index in [1.165, 1.54) is 0 Å². The molecule has 4 heterocycles. The first-order chi connectivity index (χ1) is 14.7. The summed E-state index contributed by atoms with van der Waals surface area (Å²) >= 11 is 0. The van der Waals surface area contributed by atoms with Gasteiger partial charge in [0.15, 0.2) is 5.82 Å². The number of benzene rings is 1. The molecule has 0 spiro atoms. The molecule has 1 aromatic carbocycles. The van der Waals surface area contributed by atoms with Gasteiger partial charge in [-0.15, -0.1) is 0 Å². The SMILES string of the molecule is Cn1ccnc1-c1cncc(C[C@@H]2CCN(C(=O)c3nccc4ccccc34)C2)n1. The minimum atomic E-state index is 0.00199. The van der Waals surface area contributed by atoms with Crippen LogP contribution >= 0.6 is 0 Å². The maximum atomic E-state index is 13.1. The molecule has 30 heavy (non-hydrogen) atoms. The highest BCUT2D eigenvalue weighted by molar-refractivity contribution is 6.05. The number of carbonyl (C=O) groups is 1. The van der Waals surface area contributed by atoms with Crippen LogP contribution in [-0.4, -0.2) is 48.4 Å². The van der Waals surface area contributed by atoms with E-state index in [1.807, 2.05) is 59.2 Å². The number of amides is 1. The average molecular weight is 398 g/mol. The van der Waals surface area contributed by atoms with Crippen LogP contribution in [0.25, 0.3) is 22.3 Å². The summed E-state index contributed by atoms with van der Waals surface area (Å²) in [7, 11) is 1.94. The molecule has 0 unspecified atom stereocenters. The summed E-state index contributed by atoms with van der Waals surface area (Å²) in [5, 5.41) is 1.94. The number of carbonyl (C=O) groups excluding carboxylic acids is 1. The number of nitrogens with zero attached hydrogens (tertiary/aromatic N) is 6. The molecule has 0 N–H and O–H groups in total. The molecule has 7 heteroatoms. The topological polar surface area (TPSA) is 76.8 Å². The Morgan fingerprint density at radius 3 is 2.90 bits per heavy atom. The van der Waals surface area contributed by atoms with Crippen molar-refractivity contribution in [3.63, 3.8) is 0 Å². The summed E-state index contributed by atoms with van der Waals surface area (Å²) in [6, 6.07) is 9.82. The second-order valence-corrected chi connectivity index (χ2v) is 7.75. The molecule has 1 amide bonds. The van der Waals surface area contributed by atoms with Crippen molar-refractivity contribution in [2.45, 2.75) is 12.8 Å². The fraction of sp³-hybridized carbons (Fsp3) is 0.261. The van der Waals surface area contributed by atoms with Gasteiger partial charge in [0.25, 0.3) is 5.91 Å². The minimum Gasteiger partial charge on any atom is -0.337 e. The summed E-state index contributed by atoms with van der Waals surface area (Å²) in [5.74, 6) is 1.16. The summed E-state index contributed by atoms with van der Waals surface area (Å²) in [6.07, 6.45) is 10.6. The van der Waals surface area contributed by atoms with Crippen molar-refractivity contribution in [3.8, 4) is 11.5 Å². The third kappa shape index (κ3) is 3.43. The van der Waals surface area contributed by atoms with Crippen molar-refractivity contribution in [2.75, 3.05) is 13.1 Å². The molecule has 4 aromatic rings. The van der Waals surface area contributed by atoms with Gasteiger partial charge >= 0.3 is 0 Å². The molecular formula is C23H22N6O. The quantitative estimate of drug-likeness (QED) is 0.528. The molecule has 0 radical (unpaired) electrons. The average Bonchev–Trinajstić information content (AvgIpc) is 3.42. The van der Waals surface area contributed by atoms with Crippen LogP contribution in [0.1, 0.15) is 22.6 Å². The van der Waals surface area contributed by atoms with Crippen LogP contribution in [0.15, 0.2) is 61.3 Å². The highest BCUT2D eigenvalue weighted by Gasteiger charge is 2.29. The maximum absolute atomic E-state index is 13.1. The van der Waals surface area contributed by atoms with E-state index in [0.717, 1.165) is 47.4 Å². The van der Waals surface area contributed by atoms with E-state index in [4.69, 9.17) is 4.98 Å². The molecule has 0 saturated carbocycles. The predicted octanol–water partition coefficient (Wildman–Crippen LogP) is 3.13. The second kappa shape index (κ2) is 7.67. The first-order valence-corrected chi connectivity index (χ1v) is 10.1. The van der Waals surface area contributed by atoms with Crippen LogP contribution in [-0.2, 0) is 13.5 Å². The largest absolute Gasteiger partial charge is 0.337 e. The van der Waals surface area contributed by atoms with Gasteiger partial charge in [0.1, 0.15) is 11.4 Å². The number of pyridine rings is 1. The molecule has 1 aliphatic rings. The molecular weight excluding hydrogens is 376 g/mol. The van der Waals surface area contributed by atoms with E-state index >= 15 is 0 Å². The number of imidazole rings is 1. The van der Waals surface area contributed by atoms with Gasteiger partial charge < -0.3 is 9.47 Å². The molecule has 1 fully saturated rings. The first kappa shape index (κ1) is 18.4. The van der Waals surface area contributed by atoms with Crippen LogP contribution in [0.5, 0.6) is 0 Å². The number of fused-ring (bicyclic) bond motifs is 1. The lowest BCUT2D eigenvalue weighted by atomic mass is 10.0. The van der Waals surface area contributed by atoms with Crippen LogP contribution < -0.4 is 0 Å². The predicted molar refractivity (Wildman–Crippen MR) is 114 cm³/mol. The van der Waals surface area contributed by atoms with Gasteiger partial charge in [0, 0.05) is 50.3 Å². The van der Waals surface area contributed by atoms with Gasteiger partial charge in [0.2, 0.25) is 0 Å². The van der Waals surface area contributed by atoms with E-state index in [2.05, 4.69) is 15.0 Å². The number of likely N-dealkylation sites (tertiary alicyclic amines) is 1. The number of aryl methyl sites for hydroxylation is 1. The zero-order valence-electron chi connectivity index (χ0n) is 16.8. The Bertz CT molecular complexity index is 1210. The van der Waals surface area contributed by atoms with E-state index in [-0.39, 0.29) is 5.91 Å². The van der Waals surface area contributed by atoms with Crippen molar-refractivity contribution < 1.29 is 4.79 Å². The van der Waals surface area contributed by atoms with Crippen molar-refractivity contribution in [2.24, 2.45) is 13.0 Å². The Morgan fingerprint density at radius 2 is 2.03 bits per heavy atom. The summed E-state index contributed by atoms with van der Waals surface area (Å²) < 4.78 is 1.93. The molecule has 150 valence electrons. The lowest BCUT2D eigenvalue weighted by Gasteiger charge is -2.17. The number of hydrogen-bond acceptors (Lipinski definition) is 5. The van der Waals surface area contributed by atoms with Gasteiger partial charge in [-0.05, 0) is 30.2 Å². The van der Waals surface area contributed by atoms with Crippen molar-refractivity contribution in [1.82, 2.24) is 29.4 Å². The Hall–Kier alpha value is -3.61. The highest BCUT2D eigenvalue weighted by atomic mass is 16.2. The number of aromatic nitrogens is 5. The zero-order valence-corrected chi connectivity index (χ0v) is 16.8. The summed E-state index contributed by atoms with van der Waals surface area (Å²) in [5.41, 5.74) is 2.23. The van der Waals surface area contributed by atoms with Gasteiger partial charge in [-0.25, -0.2) is 9.97 Å². The second-order valence-electron chi connectivity index (χ2n) is 7.75. The van der Waals surface area contributed by atoms with Crippen molar-refractivity contribution >= 4 is 16.7 Å².